The van der Waals surface area contributed by atoms with Gasteiger partial charge >= 0.3 is 0 Å². The Morgan fingerprint density at radius 1 is 1.64 bits per heavy atom. The Morgan fingerprint density at radius 2 is 2.27 bits per heavy atom. The van der Waals surface area contributed by atoms with E-state index in [0.717, 1.165) is 4.55 Å². The van der Waals surface area contributed by atoms with Gasteiger partial charge in [-0.15, -0.1) is 0 Å². The highest BCUT2D eigenvalue weighted by molar-refractivity contribution is 14.1. The van der Waals surface area contributed by atoms with E-state index in [9.17, 15) is 0 Å². The second kappa shape index (κ2) is 4.57. The molecule has 2 nitrogen and oxygen atoms in total. The third-order valence-electron chi connectivity index (χ3n) is 2.53. The first-order chi connectivity index (χ1) is 5.25. The average Bonchev–Trinajstić information content (AvgIpc) is 1.87. The van der Waals surface area contributed by atoms with Gasteiger partial charge in [0.05, 0.1) is 5.60 Å². The fraction of sp³-hybridized carbons (Fsp3) is 1.00. The van der Waals surface area contributed by atoms with Gasteiger partial charge in [-0.3, -0.25) is 0 Å². The van der Waals surface area contributed by atoms with Crippen LogP contribution < -0.4 is 5.32 Å². The van der Waals surface area contributed by atoms with Crippen molar-refractivity contribution < 1.29 is 3.07 Å². The molecule has 0 heterocycles. The topological polar surface area (TPSA) is 21.3 Å². The van der Waals surface area contributed by atoms with Crippen molar-refractivity contribution in [1.82, 2.24) is 5.32 Å². The van der Waals surface area contributed by atoms with Crippen LogP contribution in [0.15, 0.2) is 0 Å². The predicted octanol–water partition coefficient (Wildman–Crippen LogP) is 2.65. The van der Waals surface area contributed by atoms with Gasteiger partial charge in [0.25, 0.3) is 0 Å². The zero-order chi connectivity index (χ0) is 8.32. The quantitative estimate of drug-likeness (QED) is 0.460. The van der Waals surface area contributed by atoms with E-state index in [-0.39, 0.29) is 5.60 Å². The third kappa shape index (κ3) is 2.19. The molecule has 0 aromatic heterocycles. The van der Waals surface area contributed by atoms with Crippen LogP contribution in [0.25, 0.3) is 0 Å². The molecule has 0 aromatic rings. The molecule has 11 heavy (non-hydrogen) atoms. The summed E-state index contributed by atoms with van der Waals surface area (Å²) in [5.41, 5.74) is 0.145. The first kappa shape index (κ1) is 10.5. The minimum atomic E-state index is 0.145. The third-order valence-corrected chi connectivity index (χ3v) is 3.84. The van der Waals surface area contributed by atoms with E-state index in [0.29, 0.717) is 6.04 Å². The monoisotopic (exact) mass is 381 g/mol. The van der Waals surface area contributed by atoms with Gasteiger partial charge in [0.2, 0.25) is 0 Å². The van der Waals surface area contributed by atoms with Crippen molar-refractivity contribution in [2.75, 3.05) is 4.55 Å². The number of rotatable bonds is 4. The second-order valence-electron chi connectivity index (χ2n) is 3.05. The first-order valence-corrected chi connectivity index (χ1v) is 6.25. The molecule has 0 saturated heterocycles. The maximum atomic E-state index is 5.49. The summed E-state index contributed by atoms with van der Waals surface area (Å²) in [5.74, 6) is 0. The van der Waals surface area contributed by atoms with Crippen LogP contribution in [0.2, 0.25) is 0 Å². The largest absolute Gasteiger partial charge is 0.307 e. The summed E-state index contributed by atoms with van der Waals surface area (Å²) in [4.78, 5) is 0. The molecule has 66 valence electrons. The van der Waals surface area contributed by atoms with Gasteiger partial charge in [-0.1, -0.05) is 22.6 Å². The minimum absolute atomic E-state index is 0.145. The van der Waals surface area contributed by atoms with Gasteiger partial charge in [0.15, 0.2) is 0 Å². The molecule has 1 rings (SSSR count). The van der Waals surface area contributed by atoms with E-state index in [1.54, 1.807) is 0 Å². The molecule has 0 aromatic carbocycles. The fourth-order valence-electron chi connectivity index (χ4n) is 1.40. The molecular formula is C7H13I2NO. The van der Waals surface area contributed by atoms with Crippen molar-refractivity contribution in [3.05, 3.63) is 0 Å². The van der Waals surface area contributed by atoms with Gasteiger partial charge in [-0.2, -0.15) is 0 Å². The molecule has 0 spiro atoms. The van der Waals surface area contributed by atoms with Gasteiger partial charge in [0, 0.05) is 10.6 Å². The van der Waals surface area contributed by atoms with Gasteiger partial charge < -0.3 is 8.38 Å². The summed E-state index contributed by atoms with van der Waals surface area (Å²) < 4.78 is 6.49. The zero-order valence-corrected chi connectivity index (χ0v) is 10.9. The van der Waals surface area contributed by atoms with E-state index in [1.807, 2.05) is 23.0 Å². The molecule has 1 N–H and O–H groups in total. The van der Waals surface area contributed by atoms with Crippen LogP contribution in [0.4, 0.5) is 0 Å². The normalized spacial score (nSPS) is 24.3. The van der Waals surface area contributed by atoms with E-state index in [4.69, 9.17) is 3.07 Å². The first-order valence-electron chi connectivity index (χ1n) is 3.84. The summed E-state index contributed by atoms with van der Waals surface area (Å²) >= 11 is 4.36. The lowest BCUT2D eigenvalue weighted by molar-refractivity contribution is 0.00363. The number of alkyl halides is 1. The van der Waals surface area contributed by atoms with Crippen LogP contribution in [0.1, 0.15) is 26.2 Å². The van der Waals surface area contributed by atoms with Crippen LogP contribution in [0.5, 0.6) is 0 Å². The number of hydrogen-bond acceptors (Lipinski definition) is 2. The van der Waals surface area contributed by atoms with Crippen LogP contribution in [0.3, 0.4) is 0 Å². The highest BCUT2D eigenvalue weighted by atomic mass is 127. The maximum Gasteiger partial charge on any atom is 0.110 e. The number of nitrogens with one attached hydrogen (secondary N) is 1. The lowest BCUT2D eigenvalue weighted by Crippen LogP contribution is -2.53. The Morgan fingerprint density at radius 3 is 2.55 bits per heavy atom. The molecule has 1 aliphatic carbocycles. The van der Waals surface area contributed by atoms with Crippen molar-refractivity contribution in [1.29, 1.82) is 0 Å². The van der Waals surface area contributed by atoms with Gasteiger partial charge in [0.1, 0.15) is 23.0 Å². The van der Waals surface area contributed by atoms with Crippen molar-refractivity contribution >= 4 is 45.6 Å². The molecule has 0 radical (unpaired) electrons. The van der Waals surface area contributed by atoms with Gasteiger partial charge in [-0.05, 0) is 26.2 Å². The second-order valence-corrected chi connectivity index (χ2v) is 4.26. The van der Waals surface area contributed by atoms with Crippen molar-refractivity contribution in [3.8, 4) is 0 Å². The summed E-state index contributed by atoms with van der Waals surface area (Å²) in [6, 6.07) is 0.491. The fourth-order valence-corrected chi connectivity index (χ4v) is 2.89. The maximum absolute atomic E-state index is 5.49. The van der Waals surface area contributed by atoms with Crippen molar-refractivity contribution in [3.63, 3.8) is 0 Å². The highest BCUT2D eigenvalue weighted by Gasteiger charge is 2.42. The smallest absolute Gasteiger partial charge is 0.110 e. The van der Waals surface area contributed by atoms with Crippen LogP contribution in [0, 0.1) is 0 Å². The van der Waals surface area contributed by atoms with Crippen LogP contribution in [-0.2, 0) is 3.07 Å². The van der Waals surface area contributed by atoms with Gasteiger partial charge in [-0.25, -0.2) is 0 Å². The van der Waals surface area contributed by atoms with Crippen LogP contribution in [-0.4, -0.2) is 16.2 Å². The molecule has 1 fully saturated rings. The van der Waals surface area contributed by atoms with Crippen molar-refractivity contribution in [2.24, 2.45) is 0 Å². The highest BCUT2D eigenvalue weighted by Crippen LogP contribution is 2.40. The van der Waals surface area contributed by atoms with E-state index < -0.39 is 0 Å². The average molecular weight is 381 g/mol. The zero-order valence-electron chi connectivity index (χ0n) is 6.57. The summed E-state index contributed by atoms with van der Waals surface area (Å²) in [6.07, 6.45) is 3.73. The van der Waals surface area contributed by atoms with Crippen molar-refractivity contribution in [2.45, 2.75) is 37.8 Å². The van der Waals surface area contributed by atoms with E-state index in [2.05, 4.69) is 34.8 Å². The summed E-state index contributed by atoms with van der Waals surface area (Å²) in [5, 5.41) is 3.40. The Bertz CT molecular complexity index is 122. The van der Waals surface area contributed by atoms with E-state index in [1.165, 1.54) is 19.3 Å². The van der Waals surface area contributed by atoms with Crippen LogP contribution >= 0.6 is 45.6 Å². The summed E-state index contributed by atoms with van der Waals surface area (Å²) in [7, 11) is 0. The Kier molecular flexibility index (Phi) is 4.35. The minimum Gasteiger partial charge on any atom is -0.307 e. The molecule has 1 unspecified atom stereocenters. The molecule has 0 amide bonds. The molecule has 0 aliphatic heterocycles. The molecular weight excluding hydrogens is 368 g/mol. The molecule has 1 aliphatic rings. The molecule has 4 heteroatoms. The number of hydrogen-bond donors (Lipinski definition) is 1. The Hall–Kier alpha value is 1.38. The number of halogens is 2. The predicted molar refractivity (Wildman–Crippen MR) is 63.2 cm³/mol. The summed E-state index contributed by atoms with van der Waals surface area (Å²) in [6.45, 7) is 2.20. The Balaban J connectivity index is 2.40. The SMILES string of the molecule is CC(NCI)C1(OI)CCC1. The van der Waals surface area contributed by atoms with E-state index >= 15 is 0 Å². The lowest BCUT2D eigenvalue weighted by Gasteiger charge is -2.44. The lowest BCUT2D eigenvalue weighted by atomic mass is 9.75. The molecule has 0 bridgehead atoms. The molecule has 1 atom stereocenters. The Labute approximate surface area is 95.7 Å². The standard InChI is InChI=1S/C7H13I2NO/c1-6(10-5-8)7(11-9)3-2-4-7/h6,10H,2-5H2,1H3. The molecule has 1 saturated carbocycles.